The molecule has 0 saturated heterocycles. The molecule has 2 nitrogen and oxygen atoms in total. The predicted octanol–water partition coefficient (Wildman–Crippen LogP) is -1.89. The van der Waals surface area contributed by atoms with Gasteiger partial charge in [0.05, 0.1) is 0 Å². The number of nitrogens with zero attached hydrogens (tertiary/aromatic N) is 2. The molecule has 0 saturated carbocycles. The molecule has 0 aromatic rings. The van der Waals surface area contributed by atoms with Crippen molar-refractivity contribution in [2.75, 3.05) is 13.1 Å². The topological polar surface area (TPSA) is 6.48 Å². The van der Waals surface area contributed by atoms with Crippen molar-refractivity contribution in [1.82, 2.24) is 8.95 Å². The predicted molar refractivity (Wildman–Crippen MR) is 116 cm³/mol. The van der Waals surface area contributed by atoms with E-state index < -0.39 is 16.5 Å². The van der Waals surface area contributed by atoms with Crippen LogP contribution in [0.3, 0.4) is 0 Å². The van der Waals surface area contributed by atoms with Gasteiger partial charge in [0.15, 0.2) is 0 Å². The molecule has 2 heterocycles. The maximum Gasteiger partial charge on any atom is -1.00 e. The molecule has 0 aromatic heterocycles. The van der Waals surface area contributed by atoms with Crippen molar-refractivity contribution in [2.45, 2.75) is 66.0 Å². The summed E-state index contributed by atoms with van der Waals surface area (Å²) in [4.78, 5) is 0. The zero-order valence-corrected chi connectivity index (χ0v) is 25.3. The average molecular weight is 524 g/mol. The molecule has 0 radical (unpaired) electrons. The summed E-state index contributed by atoms with van der Waals surface area (Å²) in [6, 6.07) is 0. The molecule has 2 aliphatic heterocycles. The minimum atomic E-state index is -1.05. The van der Waals surface area contributed by atoms with Crippen molar-refractivity contribution in [3.63, 3.8) is 0 Å². The smallest absolute Gasteiger partial charge is 1.00 e. The van der Waals surface area contributed by atoms with Crippen LogP contribution in [0.5, 0.6) is 0 Å². The van der Waals surface area contributed by atoms with Gasteiger partial charge in [0.25, 0.3) is 0 Å². The largest absolute Gasteiger partial charge is 1.00 e. The summed E-state index contributed by atoms with van der Waals surface area (Å²) in [5.74, 6) is 6.62. The molecular weight excluding hydrogens is 488 g/mol. The van der Waals surface area contributed by atoms with Gasteiger partial charge in [-0.2, -0.15) is 0 Å². The summed E-state index contributed by atoms with van der Waals surface area (Å²) in [7, 11) is -2.10. The number of hydrogen-bond acceptors (Lipinski definition) is 2. The van der Waals surface area contributed by atoms with Gasteiger partial charge in [0.2, 0.25) is 0 Å². The van der Waals surface area contributed by atoms with E-state index in [4.69, 9.17) is 0 Å². The molecule has 0 atom stereocenters. The maximum atomic E-state index is 3.31. The van der Waals surface area contributed by atoms with Gasteiger partial charge in [-0.15, -0.1) is 0 Å². The third-order valence-corrected chi connectivity index (χ3v) is 8.54. The molecule has 0 N–H and O–H groups in total. The van der Waals surface area contributed by atoms with Crippen LogP contribution in [-0.4, -0.2) is 57.6 Å². The van der Waals surface area contributed by atoms with E-state index in [9.17, 15) is 0 Å². The quantitative estimate of drug-likeness (QED) is 0.308. The Labute approximate surface area is 194 Å². The summed E-state index contributed by atoms with van der Waals surface area (Å²) < 4.78 is 5.12. The SMILES string of the molecule is CB1[C-]=CCN1[Si](C)(C)C.CB1[C-]=CCN1[Si](C)(C)C.C[Si](C)=[Zr+2].[Cl-].[Cl-]. The fraction of sp³-hybridized carbons (Fsp3) is 0.750. The van der Waals surface area contributed by atoms with Gasteiger partial charge in [-0.25, -0.2) is 0 Å². The Bertz CT molecular complexity index is 429. The molecule has 0 bridgehead atoms. The molecule has 2 rings (SSSR count). The molecular formula is C16H36B2Cl2N2Si3Zr-2. The first-order valence-corrected chi connectivity index (χ1v) is 22.1. The van der Waals surface area contributed by atoms with Crippen molar-refractivity contribution in [3.8, 4) is 0 Å². The van der Waals surface area contributed by atoms with E-state index in [2.05, 4.69) is 99.1 Å². The van der Waals surface area contributed by atoms with Crippen LogP contribution in [-0.2, 0) is 23.3 Å². The fourth-order valence-electron chi connectivity index (χ4n) is 2.85. The second kappa shape index (κ2) is 14.6. The number of rotatable bonds is 2. The van der Waals surface area contributed by atoms with E-state index in [-0.39, 0.29) is 30.2 Å². The summed E-state index contributed by atoms with van der Waals surface area (Å²) in [5.41, 5.74) is 0.210. The van der Waals surface area contributed by atoms with Crippen LogP contribution < -0.4 is 24.8 Å². The molecule has 0 aliphatic carbocycles. The molecule has 26 heavy (non-hydrogen) atoms. The van der Waals surface area contributed by atoms with Crippen molar-refractivity contribution >= 4 is 35.6 Å². The second-order valence-corrected chi connectivity index (χ2v) is 27.9. The van der Waals surface area contributed by atoms with Crippen LogP contribution in [0, 0.1) is 12.0 Å². The Kier molecular flexibility index (Phi) is 18.1. The summed E-state index contributed by atoms with van der Waals surface area (Å²) in [5, 5.41) is 0. The van der Waals surface area contributed by atoms with Gasteiger partial charge in [-0.3, -0.25) is 12.2 Å². The Morgan fingerprint density at radius 3 is 1.12 bits per heavy atom. The van der Waals surface area contributed by atoms with Gasteiger partial charge in [-0.05, 0) is 13.1 Å². The second-order valence-electron chi connectivity index (χ2n) is 8.74. The zero-order chi connectivity index (χ0) is 19.1. The van der Waals surface area contributed by atoms with Gasteiger partial charge >= 0.3 is 41.9 Å². The zero-order valence-electron chi connectivity index (χ0n) is 18.4. The fourth-order valence-corrected chi connectivity index (χ4v) is 6.60. The Hall–Kier alpha value is 1.64. The summed E-state index contributed by atoms with van der Waals surface area (Å²) >= 11 is 1.74. The van der Waals surface area contributed by atoms with Crippen molar-refractivity contribution in [2.24, 2.45) is 0 Å². The van der Waals surface area contributed by atoms with Crippen LogP contribution in [0.4, 0.5) is 0 Å². The minimum Gasteiger partial charge on any atom is -1.00 e. The number of halogens is 2. The molecule has 0 amide bonds. The van der Waals surface area contributed by atoms with Gasteiger partial charge in [0.1, 0.15) is 16.5 Å². The van der Waals surface area contributed by atoms with E-state index in [1.54, 1.807) is 23.3 Å². The molecule has 2 aliphatic rings. The number of hydrogen-bond donors (Lipinski definition) is 0. The van der Waals surface area contributed by atoms with Gasteiger partial charge in [0, 0.05) is 13.7 Å². The monoisotopic (exact) mass is 522 g/mol. The van der Waals surface area contributed by atoms with E-state index >= 15 is 0 Å². The summed E-state index contributed by atoms with van der Waals surface area (Å²) in [6.07, 6.45) is 4.31. The third-order valence-electron chi connectivity index (χ3n) is 3.95. The normalized spacial score (nSPS) is 16.9. The van der Waals surface area contributed by atoms with Crippen LogP contribution >= 0.6 is 0 Å². The average Bonchev–Trinajstić information content (AvgIpc) is 2.95. The molecule has 10 heteroatoms. The standard InChI is InChI=1S/2C7H15BNSi.C2H6Si.2ClH.Zr/c2*1-8-6-5-7-9(8)10(2,3)4;1-3-2;;;/h2*5H,7H2,1-4H3;1-2H3;2*1H;/q2*-1;;;;+2/p-2. The minimum absolute atomic E-state index is 0. The first-order chi connectivity index (χ1) is 10.8. The Balaban J connectivity index is -0.000000319. The van der Waals surface area contributed by atoms with Crippen molar-refractivity contribution in [3.05, 3.63) is 24.1 Å². The summed E-state index contributed by atoms with van der Waals surface area (Å²) in [6.45, 7) is 26.7. The Morgan fingerprint density at radius 1 is 0.808 bits per heavy atom. The van der Waals surface area contributed by atoms with E-state index in [1.807, 2.05) is 0 Å². The van der Waals surface area contributed by atoms with Crippen molar-refractivity contribution < 1.29 is 48.1 Å². The Morgan fingerprint density at radius 2 is 1.04 bits per heavy atom. The van der Waals surface area contributed by atoms with E-state index in [1.165, 1.54) is 0 Å². The van der Waals surface area contributed by atoms with Crippen LogP contribution in [0.2, 0.25) is 66.0 Å². The first kappa shape index (κ1) is 32.3. The van der Waals surface area contributed by atoms with E-state index in [0.717, 1.165) is 13.1 Å². The van der Waals surface area contributed by atoms with Gasteiger partial charge in [-0.1, -0.05) is 52.9 Å². The van der Waals surface area contributed by atoms with Crippen LogP contribution in [0.1, 0.15) is 0 Å². The van der Waals surface area contributed by atoms with Crippen LogP contribution in [0.15, 0.2) is 12.2 Å². The molecule has 0 spiro atoms. The van der Waals surface area contributed by atoms with E-state index in [0.29, 0.717) is 13.7 Å². The molecule has 0 aromatic carbocycles. The molecule has 0 fully saturated rings. The molecule has 0 unspecified atom stereocenters. The van der Waals surface area contributed by atoms with Crippen LogP contribution in [0.25, 0.3) is 0 Å². The third kappa shape index (κ3) is 13.8. The van der Waals surface area contributed by atoms with Gasteiger partial charge < -0.3 is 45.7 Å². The first-order valence-electron chi connectivity index (χ1n) is 8.97. The van der Waals surface area contributed by atoms with Crippen molar-refractivity contribution in [1.29, 1.82) is 0 Å². The maximum absolute atomic E-state index is 3.31. The molecule has 148 valence electrons.